The third-order valence-corrected chi connectivity index (χ3v) is 6.69. The average Bonchev–Trinajstić information content (AvgIpc) is 2.86. The lowest BCUT2D eigenvalue weighted by molar-refractivity contribution is -0.137. The van der Waals surface area contributed by atoms with Gasteiger partial charge in [-0.1, -0.05) is 12.1 Å². The second-order valence-electron chi connectivity index (χ2n) is 7.80. The van der Waals surface area contributed by atoms with Gasteiger partial charge in [0.2, 0.25) is 0 Å². The number of hydrogen-bond donors (Lipinski definition) is 0. The molecule has 160 valence electrons. The van der Waals surface area contributed by atoms with E-state index >= 15 is 0 Å². The summed E-state index contributed by atoms with van der Waals surface area (Å²) in [7, 11) is 0. The summed E-state index contributed by atoms with van der Waals surface area (Å²) in [5, 5.41) is 0. The number of anilines is 1. The molecule has 0 radical (unpaired) electrons. The van der Waals surface area contributed by atoms with Gasteiger partial charge in [-0.05, 0) is 66.0 Å². The maximum atomic E-state index is 13.2. The lowest BCUT2D eigenvalue weighted by Gasteiger charge is -2.33. The highest BCUT2D eigenvalue weighted by molar-refractivity contribution is 9.10. The van der Waals surface area contributed by atoms with E-state index in [9.17, 15) is 18.0 Å². The minimum absolute atomic E-state index is 0.191. The quantitative estimate of drug-likeness (QED) is 0.589. The summed E-state index contributed by atoms with van der Waals surface area (Å²) in [6.07, 6.45) is -3.92. The number of benzene rings is 1. The number of ether oxygens (including phenoxy) is 1. The van der Waals surface area contributed by atoms with Gasteiger partial charge in [-0.3, -0.25) is 4.90 Å². The van der Waals surface area contributed by atoms with Crippen LogP contribution in [0, 0.1) is 0 Å². The first-order chi connectivity index (χ1) is 14.1. The molecular weight excluding hydrogens is 463 g/mol. The first-order valence-electron chi connectivity index (χ1n) is 9.67. The predicted octanol–water partition coefficient (Wildman–Crippen LogP) is 5.33. The van der Waals surface area contributed by atoms with E-state index in [1.54, 1.807) is 19.9 Å². The lowest BCUT2D eigenvalue weighted by atomic mass is 9.88. The number of amides is 1. The minimum atomic E-state index is -4.47. The van der Waals surface area contributed by atoms with Crippen molar-refractivity contribution in [1.82, 2.24) is 9.88 Å². The normalized spacial score (nSPS) is 24.1. The Morgan fingerprint density at radius 2 is 2.00 bits per heavy atom. The smallest absolute Gasteiger partial charge is 0.416 e. The molecule has 2 fully saturated rings. The van der Waals surface area contributed by atoms with Crippen molar-refractivity contribution in [1.29, 1.82) is 0 Å². The fraction of sp³-hybridized carbons (Fsp3) is 0.429. The van der Waals surface area contributed by atoms with Crippen molar-refractivity contribution < 1.29 is 22.7 Å². The third kappa shape index (κ3) is 3.64. The SMILES string of the molecule is CC1N(Cc2nc(N3CCC3)ccc2Br)C(=O)OC1(C)c1cccc(C(F)(F)F)c1. The van der Waals surface area contributed by atoms with Crippen LogP contribution in [0.4, 0.5) is 23.8 Å². The Kier molecular flexibility index (Phi) is 5.20. The molecule has 1 amide bonds. The Bertz CT molecular complexity index is 980. The molecule has 0 aliphatic carbocycles. The van der Waals surface area contributed by atoms with Gasteiger partial charge in [0, 0.05) is 17.6 Å². The van der Waals surface area contributed by atoms with E-state index in [0.717, 1.165) is 41.9 Å². The van der Waals surface area contributed by atoms with E-state index in [4.69, 9.17) is 4.74 Å². The fourth-order valence-electron chi connectivity index (χ4n) is 3.75. The van der Waals surface area contributed by atoms with Crippen molar-refractivity contribution in [2.24, 2.45) is 0 Å². The average molecular weight is 484 g/mol. The van der Waals surface area contributed by atoms with Crippen LogP contribution in [0.5, 0.6) is 0 Å². The molecule has 3 heterocycles. The van der Waals surface area contributed by atoms with Gasteiger partial charge in [0.05, 0.1) is 23.8 Å². The zero-order valence-electron chi connectivity index (χ0n) is 16.5. The van der Waals surface area contributed by atoms with Gasteiger partial charge in [0.15, 0.2) is 5.60 Å². The van der Waals surface area contributed by atoms with E-state index in [-0.39, 0.29) is 6.54 Å². The van der Waals surface area contributed by atoms with Crippen molar-refractivity contribution >= 4 is 27.8 Å². The van der Waals surface area contributed by atoms with Gasteiger partial charge in [-0.25, -0.2) is 9.78 Å². The van der Waals surface area contributed by atoms with E-state index in [1.165, 1.54) is 11.0 Å². The molecule has 2 unspecified atom stereocenters. The molecular formula is C21H21BrF3N3O2. The molecule has 2 atom stereocenters. The van der Waals surface area contributed by atoms with Crippen molar-refractivity contribution in [3.63, 3.8) is 0 Å². The third-order valence-electron chi connectivity index (χ3n) is 5.97. The zero-order valence-corrected chi connectivity index (χ0v) is 18.1. The summed E-state index contributed by atoms with van der Waals surface area (Å²) in [4.78, 5) is 21.0. The summed E-state index contributed by atoms with van der Waals surface area (Å²) in [5.41, 5.74) is -0.993. The molecule has 5 nitrogen and oxygen atoms in total. The number of pyridine rings is 1. The largest absolute Gasteiger partial charge is 0.436 e. The van der Waals surface area contributed by atoms with Crippen LogP contribution >= 0.6 is 15.9 Å². The molecule has 1 aromatic heterocycles. The first-order valence-corrected chi connectivity index (χ1v) is 10.5. The Balaban J connectivity index is 1.61. The van der Waals surface area contributed by atoms with E-state index < -0.39 is 29.5 Å². The van der Waals surface area contributed by atoms with E-state index in [0.29, 0.717) is 11.3 Å². The second-order valence-corrected chi connectivity index (χ2v) is 8.65. The molecule has 0 N–H and O–H groups in total. The highest BCUT2D eigenvalue weighted by atomic mass is 79.9. The van der Waals surface area contributed by atoms with Crippen LogP contribution < -0.4 is 4.90 Å². The topological polar surface area (TPSA) is 45.7 Å². The Morgan fingerprint density at radius 3 is 2.63 bits per heavy atom. The highest BCUT2D eigenvalue weighted by Gasteiger charge is 2.50. The second kappa shape index (κ2) is 7.44. The number of carbonyl (C=O) groups excluding carboxylic acids is 1. The van der Waals surface area contributed by atoms with Crippen molar-refractivity contribution in [3.05, 3.63) is 57.7 Å². The number of carbonyl (C=O) groups is 1. The monoisotopic (exact) mass is 483 g/mol. The first kappa shape index (κ1) is 21.0. The van der Waals surface area contributed by atoms with Crippen molar-refractivity contribution in [2.75, 3.05) is 18.0 Å². The van der Waals surface area contributed by atoms with Gasteiger partial charge in [-0.15, -0.1) is 0 Å². The van der Waals surface area contributed by atoms with E-state index in [1.807, 2.05) is 12.1 Å². The van der Waals surface area contributed by atoms with Gasteiger partial charge >= 0.3 is 12.3 Å². The number of hydrogen-bond acceptors (Lipinski definition) is 4. The summed E-state index contributed by atoms with van der Waals surface area (Å²) in [6.45, 7) is 5.51. The number of rotatable bonds is 4. The highest BCUT2D eigenvalue weighted by Crippen LogP contribution is 2.41. The Hall–Kier alpha value is -2.29. The van der Waals surface area contributed by atoms with Gasteiger partial charge in [-0.2, -0.15) is 13.2 Å². The number of nitrogens with zero attached hydrogens (tertiary/aromatic N) is 3. The molecule has 1 aromatic carbocycles. The fourth-order valence-corrected chi connectivity index (χ4v) is 4.10. The minimum Gasteiger partial charge on any atom is -0.436 e. The molecule has 4 rings (SSSR count). The Labute approximate surface area is 181 Å². The standard InChI is InChI=1S/C21H21BrF3N3O2/c1-13-20(2,14-5-3-6-15(11-14)21(23,24)25)30-19(29)28(13)12-17-16(22)7-8-18(26-17)27-9-4-10-27/h3,5-8,11,13H,4,9-10,12H2,1-2H3. The van der Waals surface area contributed by atoms with E-state index in [2.05, 4.69) is 25.8 Å². The summed E-state index contributed by atoms with van der Waals surface area (Å²) >= 11 is 3.49. The van der Waals surface area contributed by atoms with Crippen molar-refractivity contribution in [2.45, 2.75) is 44.6 Å². The number of halogens is 4. The van der Waals surface area contributed by atoms with Crippen LogP contribution in [-0.2, 0) is 23.1 Å². The van der Waals surface area contributed by atoms with Crippen LogP contribution in [0.15, 0.2) is 40.9 Å². The van der Waals surface area contributed by atoms with Gasteiger partial charge in [0.1, 0.15) is 5.82 Å². The van der Waals surface area contributed by atoms with Crippen molar-refractivity contribution in [3.8, 4) is 0 Å². The Morgan fingerprint density at radius 1 is 1.27 bits per heavy atom. The van der Waals surface area contributed by atoms with Crippen LogP contribution in [0.25, 0.3) is 0 Å². The molecule has 0 spiro atoms. The maximum Gasteiger partial charge on any atom is 0.416 e. The number of cyclic esters (lactones) is 1. The molecule has 2 aliphatic heterocycles. The zero-order chi connectivity index (χ0) is 21.7. The maximum absolute atomic E-state index is 13.2. The van der Waals surface area contributed by atoms with Gasteiger partial charge in [0.25, 0.3) is 0 Å². The molecule has 0 bridgehead atoms. The molecule has 2 aromatic rings. The summed E-state index contributed by atoms with van der Waals surface area (Å²) < 4.78 is 45.9. The van der Waals surface area contributed by atoms with Crippen LogP contribution in [0.3, 0.4) is 0 Å². The molecule has 30 heavy (non-hydrogen) atoms. The molecule has 2 saturated heterocycles. The number of alkyl halides is 3. The summed E-state index contributed by atoms with van der Waals surface area (Å²) in [6, 6.07) is 8.28. The van der Waals surface area contributed by atoms with Crippen LogP contribution in [0.2, 0.25) is 0 Å². The molecule has 2 aliphatic rings. The van der Waals surface area contributed by atoms with Gasteiger partial charge < -0.3 is 9.64 Å². The number of aromatic nitrogens is 1. The molecule has 9 heteroatoms. The van der Waals surface area contributed by atoms with Crippen LogP contribution in [0.1, 0.15) is 37.1 Å². The predicted molar refractivity (Wildman–Crippen MR) is 109 cm³/mol. The molecule has 0 saturated carbocycles. The summed E-state index contributed by atoms with van der Waals surface area (Å²) in [5.74, 6) is 0.848. The lowest BCUT2D eigenvalue weighted by Crippen LogP contribution is -2.40. The van der Waals surface area contributed by atoms with Crippen LogP contribution in [-0.4, -0.2) is 35.1 Å².